The molecule has 3 nitrogen and oxygen atoms in total. The smallest absolute Gasteiger partial charge is 0.394 e. The second-order valence-corrected chi connectivity index (χ2v) is 4.77. The van der Waals surface area contributed by atoms with Gasteiger partial charge in [0.2, 0.25) is 0 Å². The van der Waals surface area contributed by atoms with E-state index < -0.39 is 24.6 Å². The quantitative estimate of drug-likeness (QED) is 0.807. The van der Waals surface area contributed by atoms with Gasteiger partial charge in [0.05, 0.1) is 12.7 Å². The van der Waals surface area contributed by atoms with Crippen LogP contribution in [0.15, 0.2) is 9.72 Å². The van der Waals surface area contributed by atoms with E-state index in [0.717, 1.165) is 28.5 Å². The molecule has 15 heavy (non-hydrogen) atoms. The Balaban J connectivity index is 2.54. The van der Waals surface area contributed by atoms with Crippen molar-refractivity contribution < 1.29 is 23.4 Å². The van der Waals surface area contributed by atoms with Crippen molar-refractivity contribution >= 4 is 23.1 Å². The number of hydrogen-bond donors (Lipinski definition) is 2. The second-order valence-electron chi connectivity index (χ2n) is 2.64. The third-order valence-corrected chi connectivity index (χ3v) is 3.55. The zero-order valence-electron chi connectivity index (χ0n) is 7.36. The molecule has 86 valence electrons. The van der Waals surface area contributed by atoms with E-state index >= 15 is 0 Å². The molecule has 8 heteroatoms. The van der Waals surface area contributed by atoms with Crippen LogP contribution in [0.3, 0.4) is 0 Å². The normalized spacial score (nSPS) is 14.2. The van der Waals surface area contributed by atoms with Crippen molar-refractivity contribution in [2.24, 2.45) is 0 Å². The number of aromatic nitrogens is 1. The molecule has 0 saturated heterocycles. The van der Waals surface area contributed by atoms with Gasteiger partial charge in [0.1, 0.15) is 0 Å². The van der Waals surface area contributed by atoms with Crippen LogP contribution in [0, 0.1) is 0 Å². The zero-order chi connectivity index (χ0) is 11.5. The fourth-order valence-corrected chi connectivity index (χ4v) is 2.45. The summed E-state index contributed by atoms with van der Waals surface area (Å²) in [6, 6.07) is 0. The molecule has 1 atom stereocenters. The highest BCUT2D eigenvalue weighted by Gasteiger charge is 2.33. The number of nitrogens with zero attached hydrogens (tertiary/aromatic N) is 1. The van der Waals surface area contributed by atoms with E-state index in [4.69, 9.17) is 10.2 Å². The van der Waals surface area contributed by atoms with Crippen LogP contribution >= 0.6 is 23.1 Å². The molecule has 0 aliphatic carbocycles. The van der Waals surface area contributed by atoms with Crippen LogP contribution in [0.4, 0.5) is 13.2 Å². The van der Waals surface area contributed by atoms with Crippen LogP contribution in [0.1, 0.15) is 5.69 Å². The van der Waals surface area contributed by atoms with Gasteiger partial charge in [-0.05, 0) is 0 Å². The summed E-state index contributed by atoms with van der Waals surface area (Å²) in [5, 5.41) is 18.4. The standard InChI is InChI=1S/C7H8F3NO2S2/c8-7(9,10)5-3-15-6(11-5)14-2-4(13)1-12/h3-4,12-13H,1-2H2/t4-/m1/s1. The lowest BCUT2D eigenvalue weighted by Gasteiger charge is -2.03. The first-order chi connectivity index (χ1) is 6.93. The molecule has 0 unspecified atom stereocenters. The highest BCUT2D eigenvalue weighted by atomic mass is 32.2. The molecule has 1 aromatic rings. The zero-order valence-corrected chi connectivity index (χ0v) is 8.99. The molecule has 0 saturated carbocycles. The van der Waals surface area contributed by atoms with E-state index in [1.807, 2.05) is 0 Å². The average Bonchev–Trinajstić information content (AvgIpc) is 2.61. The molecular formula is C7H8F3NO2S2. The third kappa shape index (κ3) is 3.98. The Bertz CT molecular complexity index is 315. The van der Waals surface area contributed by atoms with Gasteiger partial charge in [0, 0.05) is 11.1 Å². The monoisotopic (exact) mass is 259 g/mol. The van der Waals surface area contributed by atoms with Crippen LogP contribution in [0.25, 0.3) is 0 Å². The average molecular weight is 259 g/mol. The van der Waals surface area contributed by atoms with Gasteiger partial charge in [0.15, 0.2) is 10.0 Å². The van der Waals surface area contributed by atoms with Crippen LogP contribution in [0.2, 0.25) is 0 Å². The number of aliphatic hydroxyl groups is 2. The van der Waals surface area contributed by atoms with Crippen molar-refractivity contribution in [1.29, 1.82) is 0 Å². The van der Waals surface area contributed by atoms with Crippen LogP contribution in [0.5, 0.6) is 0 Å². The van der Waals surface area contributed by atoms with Gasteiger partial charge in [-0.15, -0.1) is 11.3 Å². The molecule has 0 bridgehead atoms. The lowest BCUT2D eigenvalue weighted by molar-refractivity contribution is -0.141. The van der Waals surface area contributed by atoms with E-state index in [-0.39, 0.29) is 10.1 Å². The Morgan fingerprint density at radius 3 is 2.67 bits per heavy atom. The minimum Gasteiger partial charge on any atom is -0.394 e. The van der Waals surface area contributed by atoms with E-state index in [2.05, 4.69) is 4.98 Å². The van der Waals surface area contributed by atoms with Crippen molar-refractivity contribution in [1.82, 2.24) is 4.98 Å². The van der Waals surface area contributed by atoms with Gasteiger partial charge in [-0.2, -0.15) is 13.2 Å². The summed E-state index contributed by atoms with van der Waals surface area (Å²) in [6.45, 7) is -0.412. The lowest BCUT2D eigenvalue weighted by atomic mass is 10.4. The van der Waals surface area contributed by atoms with Crippen molar-refractivity contribution in [3.63, 3.8) is 0 Å². The van der Waals surface area contributed by atoms with E-state index in [0.29, 0.717) is 0 Å². The number of alkyl halides is 3. The maximum atomic E-state index is 12.1. The van der Waals surface area contributed by atoms with Gasteiger partial charge < -0.3 is 10.2 Å². The minimum absolute atomic E-state index is 0.126. The van der Waals surface area contributed by atoms with Crippen molar-refractivity contribution in [3.05, 3.63) is 11.1 Å². The van der Waals surface area contributed by atoms with Crippen LogP contribution in [-0.2, 0) is 6.18 Å². The first kappa shape index (κ1) is 12.8. The number of rotatable bonds is 4. The summed E-state index contributed by atoms with van der Waals surface area (Å²) in [5.41, 5.74) is -0.923. The molecule has 2 N–H and O–H groups in total. The predicted octanol–water partition coefficient (Wildman–Crippen LogP) is 1.61. The first-order valence-corrected chi connectivity index (χ1v) is 5.74. The minimum atomic E-state index is -4.43. The van der Waals surface area contributed by atoms with Gasteiger partial charge in [-0.25, -0.2) is 4.98 Å². The first-order valence-electron chi connectivity index (χ1n) is 3.88. The maximum Gasteiger partial charge on any atom is 0.434 e. The molecule has 0 radical (unpaired) electrons. The number of aliphatic hydroxyl groups excluding tert-OH is 2. The van der Waals surface area contributed by atoms with E-state index in [1.165, 1.54) is 0 Å². The molecule has 0 aliphatic rings. The fourth-order valence-electron chi connectivity index (χ4n) is 0.674. The Hall–Kier alpha value is -0.310. The number of thioether (sulfide) groups is 1. The lowest BCUT2D eigenvalue weighted by Crippen LogP contribution is -2.14. The van der Waals surface area contributed by atoms with E-state index in [1.54, 1.807) is 0 Å². The molecule has 0 amide bonds. The summed E-state index contributed by atoms with van der Waals surface area (Å²) >= 11 is 1.86. The van der Waals surface area contributed by atoms with Crippen molar-refractivity contribution in [2.75, 3.05) is 12.4 Å². The maximum absolute atomic E-state index is 12.1. The number of thiazole rings is 1. The Labute approximate surface area is 92.0 Å². The SMILES string of the molecule is OC[C@@H](O)CSc1nc(C(F)(F)F)cs1. The Morgan fingerprint density at radius 1 is 1.53 bits per heavy atom. The molecule has 0 fully saturated rings. The second kappa shape index (κ2) is 5.15. The molecule has 0 aromatic carbocycles. The molecule has 1 heterocycles. The van der Waals surface area contributed by atoms with Gasteiger partial charge in [0.25, 0.3) is 0 Å². The fraction of sp³-hybridized carbons (Fsp3) is 0.571. The largest absolute Gasteiger partial charge is 0.434 e. The van der Waals surface area contributed by atoms with Crippen molar-refractivity contribution in [2.45, 2.75) is 16.6 Å². The summed E-state index contributed by atoms with van der Waals surface area (Å²) < 4.78 is 36.6. The van der Waals surface area contributed by atoms with Crippen molar-refractivity contribution in [3.8, 4) is 0 Å². The van der Waals surface area contributed by atoms with Crippen LogP contribution in [-0.4, -0.2) is 33.7 Å². The van der Waals surface area contributed by atoms with E-state index in [9.17, 15) is 13.2 Å². The van der Waals surface area contributed by atoms with Gasteiger partial charge in [-0.3, -0.25) is 0 Å². The topological polar surface area (TPSA) is 53.4 Å². The predicted molar refractivity (Wildman–Crippen MR) is 50.9 cm³/mol. The Kier molecular flexibility index (Phi) is 4.38. The number of hydrogen-bond acceptors (Lipinski definition) is 5. The van der Waals surface area contributed by atoms with Gasteiger partial charge in [-0.1, -0.05) is 11.8 Å². The highest BCUT2D eigenvalue weighted by Crippen LogP contribution is 2.33. The Morgan fingerprint density at radius 2 is 2.20 bits per heavy atom. The van der Waals surface area contributed by atoms with Gasteiger partial charge >= 0.3 is 6.18 Å². The molecule has 0 aliphatic heterocycles. The number of halogens is 3. The molecule has 1 rings (SSSR count). The highest BCUT2D eigenvalue weighted by molar-refractivity contribution is 8.01. The summed E-state index contributed by atoms with van der Waals surface area (Å²) in [5.74, 6) is 0.126. The summed E-state index contributed by atoms with van der Waals surface area (Å²) in [6.07, 6.45) is -5.36. The molecular weight excluding hydrogens is 251 g/mol. The third-order valence-electron chi connectivity index (χ3n) is 1.38. The molecule has 0 spiro atoms. The summed E-state index contributed by atoms with van der Waals surface area (Å²) in [4.78, 5) is 3.35. The summed E-state index contributed by atoms with van der Waals surface area (Å²) in [7, 11) is 0. The van der Waals surface area contributed by atoms with Crippen LogP contribution < -0.4 is 0 Å². The molecule has 1 aromatic heterocycles.